The predicted molar refractivity (Wildman–Crippen MR) is 134 cm³/mol. The Kier molecular flexibility index (Phi) is 6.88. The summed E-state index contributed by atoms with van der Waals surface area (Å²) in [4.78, 5) is 8.09. The van der Waals surface area contributed by atoms with Crippen LogP contribution in [0.5, 0.6) is 0 Å². The molecule has 2 aromatic heterocycles. The van der Waals surface area contributed by atoms with Crippen LogP contribution >= 0.6 is 11.5 Å². The Bertz CT molecular complexity index is 1260. The monoisotopic (exact) mass is 499 g/mol. The van der Waals surface area contributed by atoms with Gasteiger partial charge in [-0.05, 0) is 80.4 Å². The predicted octanol–water partition coefficient (Wildman–Crippen LogP) is 4.49. The van der Waals surface area contributed by atoms with E-state index in [-0.39, 0.29) is 17.0 Å². The molecule has 1 saturated carbocycles. The highest BCUT2D eigenvalue weighted by atomic mass is 32.2. The molecule has 1 aromatic carbocycles. The minimum Gasteiger partial charge on any atom is -0.469 e. The minimum absolute atomic E-state index is 0.00940. The highest BCUT2D eigenvalue weighted by Crippen LogP contribution is 2.31. The van der Waals surface area contributed by atoms with Crippen molar-refractivity contribution in [2.24, 2.45) is 5.92 Å². The Balaban J connectivity index is 1.04. The zero-order valence-electron chi connectivity index (χ0n) is 19.0. The van der Waals surface area contributed by atoms with Gasteiger partial charge in [-0.3, -0.25) is 4.90 Å². The van der Waals surface area contributed by atoms with Gasteiger partial charge in [-0.1, -0.05) is 12.1 Å². The van der Waals surface area contributed by atoms with Crippen molar-refractivity contribution in [1.82, 2.24) is 14.0 Å². The van der Waals surface area contributed by atoms with E-state index < -0.39 is 10.0 Å². The number of aromatic nitrogens is 1. The van der Waals surface area contributed by atoms with Gasteiger partial charge >= 0.3 is 5.88 Å². The van der Waals surface area contributed by atoms with E-state index in [1.807, 2.05) is 0 Å². The van der Waals surface area contributed by atoms with Crippen molar-refractivity contribution in [3.8, 4) is 0 Å². The highest BCUT2D eigenvalue weighted by molar-refractivity contribution is 7.89. The van der Waals surface area contributed by atoms with E-state index in [2.05, 4.69) is 43.6 Å². The molecule has 1 N–H and O–H groups in total. The Labute approximate surface area is 204 Å². The van der Waals surface area contributed by atoms with Gasteiger partial charge in [0.15, 0.2) is 0 Å². The van der Waals surface area contributed by atoms with Crippen molar-refractivity contribution >= 4 is 43.3 Å². The number of piperazine rings is 1. The first-order valence-corrected chi connectivity index (χ1v) is 14.1. The number of hydrogen-bond acceptors (Lipinski definition) is 7. The summed E-state index contributed by atoms with van der Waals surface area (Å²) in [5.74, 6) is 1.75. The van der Waals surface area contributed by atoms with Crippen LogP contribution in [0.1, 0.15) is 32.1 Å². The molecule has 3 aromatic rings. The molecule has 10 heteroatoms. The number of fused-ring (bicyclic) bond motifs is 1. The summed E-state index contributed by atoms with van der Waals surface area (Å²) in [6.45, 7) is 12.1. The zero-order chi connectivity index (χ0) is 23.5. The van der Waals surface area contributed by atoms with Crippen molar-refractivity contribution < 1.29 is 12.8 Å². The second-order valence-corrected chi connectivity index (χ2v) is 11.6. The SMILES string of the molecule is [C-]#[N+]c1ccc(S(=O)(=O)NC2CCC(CCN3CCN(c4nsc5ccccc45)CC3)CC2)o1. The molecule has 3 heterocycles. The second-order valence-electron chi connectivity index (χ2n) is 9.16. The first-order valence-electron chi connectivity index (χ1n) is 11.8. The van der Waals surface area contributed by atoms with Gasteiger partial charge in [-0.15, -0.1) is 0 Å². The van der Waals surface area contributed by atoms with E-state index in [0.717, 1.165) is 70.6 Å². The molecular weight excluding hydrogens is 470 g/mol. The second kappa shape index (κ2) is 10.0. The maximum atomic E-state index is 12.5. The number of rotatable bonds is 7. The van der Waals surface area contributed by atoms with E-state index in [1.54, 1.807) is 11.5 Å². The Hall–Kier alpha value is -2.45. The van der Waals surface area contributed by atoms with Crippen LogP contribution in [0.2, 0.25) is 0 Å². The molecule has 0 atom stereocenters. The number of hydrogen-bond donors (Lipinski definition) is 1. The number of furan rings is 1. The molecule has 1 saturated heterocycles. The lowest BCUT2D eigenvalue weighted by molar-refractivity contribution is 0.214. The normalized spacial score (nSPS) is 22.1. The maximum absolute atomic E-state index is 12.5. The third kappa shape index (κ3) is 5.13. The molecule has 1 aliphatic heterocycles. The topological polar surface area (TPSA) is 83.0 Å². The Morgan fingerprint density at radius 2 is 1.85 bits per heavy atom. The molecule has 0 amide bonds. The van der Waals surface area contributed by atoms with Crippen LogP contribution in [0.25, 0.3) is 14.9 Å². The lowest BCUT2D eigenvalue weighted by atomic mass is 9.84. The van der Waals surface area contributed by atoms with Crippen LogP contribution < -0.4 is 9.62 Å². The molecule has 5 rings (SSSR count). The number of anilines is 1. The van der Waals surface area contributed by atoms with E-state index >= 15 is 0 Å². The van der Waals surface area contributed by atoms with Gasteiger partial charge in [0.2, 0.25) is 5.09 Å². The number of nitrogens with zero attached hydrogens (tertiary/aromatic N) is 4. The first kappa shape index (κ1) is 23.3. The number of sulfonamides is 1. The fourth-order valence-corrected chi connectivity index (χ4v) is 7.04. The molecule has 2 fully saturated rings. The van der Waals surface area contributed by atoms with Gasteiger partial charge < -0.3 is 9.32 Å². The molecule has 180 valence electrons. The van der Waals surface area contributed by atoms with Crippen LogP contribution in [-0.4, -0.2) is 56.5 Å². The van der Waals surface area contributed by atoms with E-state index in [0.29, 0.717) is 5.92 Å². The van der Waals surface area contributed by atoms with Gasteiger partial charge in [0.05, 0.1) is 11.3 Å². The molecule has 0 radical (unpaired) electrons. The van der Waals surface area contributed by atoms with Crippen molar-refractivity contribution in [1.29, 1.82) is 0 Å². The minimum atomic E-state index is -3.71. The van der Waals surface area contributed by atoms with Crippen LogP contribution in [0.3, 0.4) is 0 Å². The molecule has 0 unspecified atom stereocenters. The largest absolute Gasteiger partial charge is 0.469 e. The lowest BCUT2D eigenvalue weighted by Gasteiger charge is -2.36. The van der Waals surface area contributed by atoms with E-state index in [9.17, 15) is 8.42 Å². The summed E-state index contributed by atoms with van der Waals surface area (Å²) < 4.78 is 38.8. The summed E-state index contributed by atoms with van der Waals surface area (Å²) in [6, 6.07) is 11.1. The van der Waals surface area contributed by atoms with Gasteiger partial charge in [0.25, 0.3) is 10.0 Å². The maximum Gasteiger partial charge on any atom is 0.346 e. The van der Waals surface area contributed by atoms with Crippen LogP contribution in [0.4, 0.5) is 11.7 Å². The van der Waals surface area contributed by atoms with Crippen molar-refractivity contribution in [2.45, 2.75) is 43.2 Å². The standard InChI is InChI=1S/C24H29N5O3S2/c1-25-22-10-11-23(32-22)34(30,31)27-19-8-6-18(7-9-19)12-13-28-14-16-29(17-15-28)24-20-4-2-3-5-21(20)33-26-24/h2-5,10-11,18-19,27H,6-9,12-17H2. The van der Waals surface area contributed by atoms with Gasteiger partial charge in [0.1, 0.15) is 5.82 Å². The average Bonchev–Trinajstić information content (AvgIpc) is 3.52. The molecule has 0 bridgehead atoms. The van der Waals surface area contributed by atoms with Crippen LogP contribution in [0, 0.1) is 12.5 Å². The summed E-state index contributed by atoms with van der Waals surface area (Å²) in [6.07, 6.45) is 4.90. The average molecular weight is 500 g/mol. The third-order valence-electron chi connectivity index (χ3n) is 6.99. The Morgan fingerprint density at radius 1 is 1.09 bits per heavy atom. The van der Waals surface area contributed by atoms with E-state index in [1.165, 1.54) is 22.2 Å². The smallest absolute Gasteiger partial charge is 0.346 e. The number of nitrogens with one attached hydrogen (secondary N) is 1. The van der Waals surface area contributed by atoms with Gasteiger partial charge in [0, 0.05) is 37.6 Å². The quantitative estimate of drug-likeness (QED) is 0.483. The molecule has 34 heavy (non-hydrogen) atoms. The summed E-state index contributed by atoms with van der Waals surface area (Å²) in [7, 11) is -3.71. The zero-order valence-corrected chi connectivity index (χ0v) is 20.7. The van der Waals surface area contributed by atoms with Crippen molar-refractivity contribution in [3.63, 3.8) is 0 Å². The van der Waals surface area contributed by atoms with Gasteiger partial charge in [-0.2, -0.15) is 9.22 Å². The molecule has 0 spiro atoms. The molecular formula is C24H29N5O3S2. The third-order valence-corrected chi connectivity index (χ3v) is 9.20. The molecule has 2 aliphatic rings. The fraction of sp³-hybridized carbons (Fsp3) is 0.500. The van der Waals surface area contributed by atoms with Crippen LogP contribution in [0.15, 0.2) is 45.9 Å². The lowest BCUT2D eigenvalue weighted by Crippen LogP contribution is -2.47. The molecule has 8 nitrogen and oxygen atoms in total. The van der Waals surface area contributed by atoms with E-state index in [4.69, 9.17) is 15.4 Å². The fourth-order valence-electron chi connectivity index (χ4n) is 5.01. The summed E-state index contributed by atoms with van der Waals surface area (Å²) >= 11 is 1.58. The highest BCUT2D eigenvalue weighted by Gasteiger charge is 2.28. The first-order chi connectivity index (χ1) is 16.5. The Morgan fingerprint density at radius 3 is 2.59 bits per heavy atom. The van der Waals surface area contributed by atoms with Crippen LogP contribution in [-0.2, 0) is 10.0 Å². The van der Waals surface area contributed by atoms with Crippen molar-refractivity contribution in [3.05, 3.63) is 47.8 Å². The van der Waals surface area contributed by atoms with Crippen molar-refractivity contribution in [2.75, 3.05) is 37.6 Å². The summed E-state index contributed by atoms with van der Waals surface area (Å²) in [5, 5.41) is 1.08. The number of benzene rings is 1. The summed E-state index contributed by atoms with van der Waals surface area (Å²) in [5.41, 5.74) is 0. The van der Waals surface area contributed by atoms with Gasteiger partial charge in [-0.25, -0.2) is 13.1 Å². The molecule has 1 aliphatic carbocycles.